The number of nitrogens with one attached hydrogen (secondary N) is 1. The lowest BCUT2D eigenvalue weighted by atomic mass is 9.98. The van der Waals surface area contributed by atoms with Crippen LogP contribution in [0.1, 0.15) is 42.5 Å². The zero-order chi connectivity index (χ0) is 19.6. The number of hydrogen-bond donors (Lipinski definition) is 1. The normalized spacial score (nSPS) is 19.8. The summed E-state index contributed by atoms with van der Waals surface area (Å²) in [5.41, 5.74) is 2.76. The van der Waals surface area contributed by atoms with Crippen molar-refractivity contribution in [2.45, 2.75) is 44.9 Å². The van der Waals surface area contributed by atoms with E-state index in [9.17, 15) is 4.39 Å². The van der Waals surface area contributed by atoms with Crippen molar-refractivity contribution in [3.05, 3.63) is 71.6 Å². The molecule has 2 aliphatic rings. The molecule has 2 aromatic carbocycles. The Morgan fingerprint density at radius 1 is 0.966 bits per heavy atom. The standard InChI is InChI=1S/C23H26FN5/c24-20-10-4-3-9-19(20)18-8-2-1-7-17(18)15-28-13-14-29-22(16-28)26-27-23(29)21-11-5-6-12-25-21/h1-4,7-10,21,25H,5-6,11-16H2. The number of fused-ring (bicyclic) bond motifs is 1. The van der Waals surface area contributed by atoms with Gasteiger partial charge in [-0.3, -0.25) is 4.90 Å². The van der Waals surface area contributed by atoms with Gasteiger partial charge in [0.2, 0.25) is 0 Å². The van der Waals surface area contributed by atoms with Crippen molar-refractivity contribution in [3.63, 3.8) is 0 Å². The van der Waals surface area contributed by atoms with Crippen LogP contribution in [0.2, 0.25) is 0 Å². The first-order valence-electron chi connectivity index (χ1n) is 10.5. The topological polar surface area (TPSA) is 46.0 Å². The number of rotatable bonds is 4. The second-order valence-electron chi connectivity index (χ2n) is 7.98. The van der Waals surface area contributed by atoms with E-state index in [1.807, 2.05) is 30.3 Å². The zero-order valence-corrected chi connectivity index (χ0v) is 16.5. The Hall–Kier alpha value is -2.57. The molecule has 1 atom stereocenters. The number of hydrogen-bond acceptors (Lipinski definition) is 4. The minimum Gasteiger partial charge on any atom is -0.311 e. The quantitative estimate of drug-likeness (QED) is 0.732. The van der Waals surface area contributed by atoms with Crippen molar-refractivity contribution >= 4 is 0 Å². The average molecular weight is 391 g/mol. The summed E-state index contributed by atoms with van der Waals surface area (Å²) in [5, 5.41) is 12.6. The maximum atomic E-state index is 14.4. The van der Waals surface area contributed by atoms with Gasteiger partial charge in [-0.2, -0.15) is 0 Å². The summed E-state index contributed by atoms with van der Waals surface area (Å²) >= 11 is 0. The molecule has 1 saturated heterocycles. The van der Waals surface area contributed by atoms with Crippen LogP contribution >= 0.6 is 0 Å². The van der Waals surface area contributed by atoms with Gasteiger partial charge in [-0.05, 0) is 36.6 Å². The Morgan fingerprint density at radius 2 is 1.79 bits per heavy atom. The number of halogens is 1. The SMILES string of the molecule is Fc1ccccc1-c1ccccc1CN1CCn2c(nnc2C2CCCCN2)C1. The maximum absolute atomic E-state index is 14.4. The largest absolute Gasteiger partial charge is 0.311 e. The van der Waals surface area contributed by atoms with Gasteiger partial charge in [0, 0.05) is 25.2 Å². The second kappa shape index (κ2) is 8.05. The van der Waals surface area contributed by atoms with Gasteiger partial charge in [0.15, 0.2) is 0 Å². The molecule has 2 aliphatic heterocycles. The van der Waals surface area contributed by atoms with E-state index in [1.165, 1.54) is 18.9 Å². The van der Waals surface area contributed by atoms with E-state index in [2.05, 4.69) is 31.0 Å². The summed E-state index contributed by atoms with van der Waals surface area (Å²) in [6.45, 7) is 4.44. The van der Waals surface area contributed by atoms with Gasteiger partial charge in [0.05, 0.1) is 12.6 Å². The van der Waals surface area contributed by atoms with E-state index in [0.29, 0.717) is 11.6 Å². The van der Waals surface area contributed by atoms with Gasteiger partial charge >= 0.3 is 0 Å². The van der Waals surface area contributed by atoms with Crippen LogP contribution in [-0.4, -0.2) is 32.8 Å². The average Bonchev–Trinajstić information content (AvgIpc) is 3.19. The molecule has 1 aromatic heterocycles. The molecule has 0 spiro atoms. The van der Waals surface area contributed by atoms with Crippen molar-refractivity contribution in [2.75, 3.05) is 13.1 Å². The first kappa shape index (κ1) is 18.5. The summed E-state index contributed by atoms with van der Waals surface area (Å²) in [6.07, 6.45) is 3.63. The van der Waals surface area contributed by atoms with Crippen molar-refractivity contribution in [1.82, 2.24) is 25.0 Å². The van der Waals surface area contributed by atoms with Crippen LogP contribution in [-0.2, 0) is 19.6 Å². The molecule has 150 valence electrons. The highest BCUT2D eigenvalue weighted by atomic mass is 19.1. The molecular weight excluding hydrogens is 365 g/mol. The summed E-state index contributed by atoms with van der Waals surface area (Å²) in [4.78, 5) is 2.38. The van der Waals surface area contributed by atoms with E-state index in [0.717, 1.165) is 61.9 Å². The summed E-state index contributed by atoms with van der Waals surface area (Å²) < 4.78 is 16.7. The molecule has 0 amide bonds. The fourth-order valence-electron chi connectivity index (χ4n) is 4.54. The van der Waals surface area contributed by atoms with Gasteiger partial charge in [-0.1, -0.05) is 48.9 Å². The predicted molar refractivity (Wildman–Crippen MR) is 111 cm³/mol. The molecule has 5 nitrogen and oxygen atoms in total. The van der Waals surface area contributed by atoms with Crippen molar-refractivity contribution in [2.24, 2.45) is 0 Å². The zero-order valence-electron chi connectivity index (χ0n) is 16.5. The lowest BCUT2D eigenvalue weighted by Crippen LogP contribution is -2.36. The van der Waals surface area contributed by atoms with Crippen LogP contribution in [0.5, 0.6) is 0 Å². The Labute approximate surface area is 170 Å². The summed E-state index contributed by atoms with van der Waals surface area (Å²) in [5.74, 6) is 1.94. The molecule has 0 bridgehead atoms. The highest BCUT2D eigenvalue weighted by molar-refractivity contribution is 5.67. The van der Waals surface area contributed by atoms with Crippen molar-refractivity contribution in [3.8, 4) is 11.1 Å². The van der Waals surface area contributed by atoms with Crippen LogP contribution in [0.3, 0.4) is 0 Å². The fourth-order valence-corrected chi connectivity index (χ4v) is 4.54. The molecule has 1 fully saturated rings. The van der Waals surface area contributed by atoms with Crippen LogP contribution in [0.4, 0.5) is 4.39 Å². The second-order valence-corrected chi connectivity index (χ2v) is 7.98. The van der Waals surface area contributed by atoms with E-state index < -0.39 is 0 Å². The first-order valence-corrected chi connectivity index (χ1v) is 10.5. The van der Waals surface area contributed by atoms with Crippen molar-refractivity contribution in [1.29, 1.82) is 0 Å². The van der Waals surface area contributed by atoms with Crippen LogP contribution in [0.15, 0.2) is 48.5 Å². The first-order chi connectivity index (χ1) is 14.3. The highest BCUT2D eigenvalue weighted by Gasteiger charge is 2.26. The molecule has 3 aromatic rings. The van der Waals surface area contributed by atoms with Crippen LogP contribution in [0.25, 0.3) is 11.1 Å². The summed E-state index contributed by atoms with van der Waals surface area (Å²) in [6, 6.07) is 15.4. The molecule has 6 heteroatoms. The molecule has 29 heavy (non-hydrogen) atoms. The van der Waals surface area contributed by atoms with Crippen molar-refractivity contribution < 1.29 is 4.39 Å². The van der Waals surface area contributed by atoms with E-state index in [4.69, 9.17) is 0 Å². The fraction of sp³-hybridized carbons (Fsp3) is 0.391. The Bertz CT molecular complexity index is 992. The minimum atomic E-state index is -0.178. The van der Waals surface area contributed by atoms with Gasteiger partial charge in [-0.15, -0.1) is 10.2 Å². The molecule has 0 aliphatic carbocycles. The molecular formula is C23H26FN5. The number of nitrogens with zero attached hydrogens (tertiary/aromatic N) is 4. The van der Waals surface area contributed by atoms with E-state index in [-0.39, 0.29) is 5.82 Å². The Kier molecular flexibility index (Phi) is 5.12. The Balaban J connectivity index is 1.35. The third kappa shape index (κ3) is 3.70. The summed E-state index contributed by atoms with van der Waals surface area (Å²) in [7, 11) is 0. The maximum Gasteiger partial charge on any atom is 0.150 e. The molecule has 0 saturated carbocycles. The number of piperidine rings is 1. The van der Waals surface area contributed by atoms with Crippen LogP contribution in [0, 0.1) is 5.82 Å². The monoisotopic (exact) mass is 391 g/mol. The molecule has 5 rings (SSSR count). The highest BCUT2D eigenvalue weighted by Crippen LogP contribution is 2.29. The van der Waals surface area contributed by atoms with Gasteiger partial charge in [-0.25, -0.2) is 4.39 Å². The van der Waals surface area contributed by atoms with E-state index >= 15 is 0 Å². The minimum absolute atomic E-state index is 0.178. The number of aromatic nitrogens is 3. The Morgan fingerprint density at radius 3 is 2.62 bits per heavy atom. The molecule has 0 radical (unpaired) electrons. The lowest BCUT2D eigenvalue weighted by Gasteiger charge is -2.30. The lowest BCUT2D eigenvalue weighted by molar-refractivity contribution is 0.205. The van der Waals surface area contributed by atoms with Gasteiger partial charge in [0.1, 0.15) is 17.5 Å². The third-order valence-electron chi connectivity index (χ3n) is 6.06. The number of benzene rings is 2. The smallest absolute Gasteiger partial charge is 0.150 e. The van der Waals surface area contributed by atoms with Gasteiger partial charge < -0.3 is 9.88 Å². The van der Waals surface area contributed by atoms with Gasteiger partial charge in [0.25, 0.3) is 0 Å². The molecule has 3 heterocycles. The van der Waals surface area contributed by atoms with Crippen LogP contribution < -0.4 is 5.32 Å². The predicted octanol–water partition coefficient (Wildman–Crippen LogP) is 3.91. The van der Waals surface area contributed by atoms with E-state index in [1.54, 1.807) is 6.07 Å². The molecule has 1 N–H and O–H groups in total. The third-order valence-corrected chi connectivity index (χ3v) is 6.06. The molecule has 1 unspecified atom stereocenters.